The second-order valence-corrected chi connectivity index (χ2v) is 7.93. The number of hydrogen-bond acceptors (Lipinski definition) is 3. The van der Waals surface area contributed by atoms with Gasteiger partial charge < -0.3 is 15.5 Å². The number of urea groups is 1. The number of aromatic nitrogens is 2. The highest BCUT2D eigenvalue weighted by atomic mass is 16.2. The first-order chi connectivity index (χ1) is 12.0. The third-order valence-corrected chi connectivity index (χ3v) is 5.47. The number of hydrogen-bond donors (Lipinski definition) is 2. The summed E-state index contributed by atoms with van der Waals surface area (Å²) in [4.78, 5) is 25.9. The van der Waals surface area contributed by atoms with Gasteiger partial charge in [0, 0.05) is 43.2 Å². The maximum absolute atomic E-state index is 12.4. The third-order valence-electron chi connectivity index (χ3n) is 5.47. The van der Waals surface area contributed by atoms with Crippen molar-refractivity contribution in [1.82, 2.24) is 25.3 Å². The molecule has 1 aromatic rings. The zero-order chi connectivity index (χ0) is 17.6. The zero-order valence-corrected chi connectivity index (χ0v) is 15.0. The molecule has 0 radical (unpaired) electrons. The molecule has 7 nitrogen and oxygen atoms in total. The van der Waals surface area contributed by atoms with Gasteiger partial charge in [0.05, 0.1) is 12.2 Å². The van der Waals surface area contributed by atoms with Crippen LogP contribution in [0.5, 0.6) is 0 Å². The highest BCUT2D eigenvalue weighted by molar-refractivity contribution is 5.82. The Morgan fingerprint density at radius 1 is 1.16 bits per heavy atom. The smallest absolute Gasteiger partial charge is 0.317 e. The maximum atomic E-state index is 12.4. The summed E-state index contributed by atoms with van der Waals surface area (Å²) in [7, 11) is 0. The minimum Gasteiger partial charge on any atom is -0.350 e. The average molecular weight is 345 g/mol. The Bertz CT molecular complexity index is 673. The van der Waals surface area contributed by atoms with Crippen LogP contribution in [-0.2, 0) is 17.6 Å². The number of amides is 3. The Balaban J connectivity index is 1.26. The van der Waals surface area contributed by atoms with Crippen molar-refractivity contribution >= 4 is 11.9 Å². The van der Waals surface area contributed by atoms with E-state index in [2.05, 4.69) is 34.3 Å². The monoisotopic (exact) mass is 345 g/mol. The second kappa shape index (κ2) is 6.35. The Hall–Kier alpha value is -2.05. The van der Waals surface area contributed by atoms with Crippen LogP contribution in [0.15, 0.2) is 6.20 Å². The van der Waals surface area contributed by atoms with Crippen LogP contribution in [-0.4, -0.2) is 51.8 Å². The van der Waals surface area contributed by atoms with Gasteiger partial charge in [-0.15, -0.1) is 0 Å². The van der Waals surface area contributed by atoms with Gasteiger partial charge in [-0.05, 0) is 45.1 Å². The van der Waals surface area contributed by atoms with Crippen LogP contribution in [0.2, 0.25) is 0 Å². The fourth-order valence-corrected chi connectivity index (χ4v) is 3.76. The van der Waals surface area contributed by atoms with Gasteiger partial charge in [0.15, 0.2) is 0 Å². The molecule has 3 amide bonds. The molecule has 1 aromatic heterocycles. The molecule has 2 fully saturated rings. The van der Waals surface area contributed by atoms with Gasteiger partial charge in [-0.1, -0.05) is 0 Å². The van der Waals surface area contributed by atoms with Crippen molar-refractivity contribution in [2.75, 3.05) is 13.1 Å². The summed E-state index contributed by atoms with van der Waals surface area (Å²) in [6.45, 7) is 5.50. The van der Waals surface area contributed by atoms with E-state index in [1.807, 2.05) is 6.20 Å². The predicted octanol–water partition coefficient (Wildman–Crippen LogP) is 1.24. The number of nitrogens with one attached hydrogen (secondary N) is 2. The summed E-state index contributed by atoms with van der Waals surface area (Å²) < 4.78 is 2.07. The topological polar surface area (TPSA) is 79.3 Å². The van der Waals surface area contributed by atoms with Gasteiger partial charge in [-0.2, -0.15) is 5.10 Å². The van der Waals surface area contributed by atoms with Crippen LogP contribution in [0, 0.1) is 5.92 Å². The highest BCUT2D eigenvalue weighted by Gasteiger charge is 2.37. The first kappa shape index (κ1) is 16.4. The van der Waals surface area contributed by atoms with E-state index < -0.39 is 0 Å². The molecule has 0 unspecified atom stereocenters. The van der Waals surface area contributed by atoms with Crippen molar-refractivity contribution in [3.8, 4) is 0 Å². The standard InChI is InChI=1S/C18H27N5O2/c1-11(2)23-16-7-14(6-5-13(16)8-19-23)21-18(25)22-9-15(10-22)20-17(24)12-3-4-12/h8,11-12,14-15H,3-7,9-10H2,1-2H3,(H,20,24)(H,21,25)/t14-/m0/s1. The fourth-order valence-electron chi connectivity index (χ4n) is 3.76. The molecule has 3 aliphatic rings. The van der Waals surface area contributed by atoms with Gasteiger partial charge in [-0.25, -0.2) is 4.79 Å². The van der Waals surface area contributed by atoms with Gasteiger partial charge in [0.25, 0.3) is 0 Å². The van der Waals surface area contributed by atoms with E-state index in [1.54, 1.807) is 4.90 Å². The first-order valence-corrected chi connectivity index (χ1v) is 9.42. The minimum atomic E-state index is -0.0130. The van der Waals surface area contributed by atoms with Crippen LogP contribution < -0.4 is 10.6 Å². The van der Waals surface area contributed by atoms with Crippen molar-refractivity contribution in [2.45, 2.75) is 64.1 Å². The minimum absolute atomic E-state index is 0.0130. The molecule has 2 heterocycles. The molecule has 1 saturated heterocycles. The summed E-state index contributed by atoms with van der Waals surface area (Å²) in [6.07, 6.45) is 6.76. The van der Waals surface area contributed by atoms with Crippen molar-refractivity contribution in [1.29, 1.82) is 0 Å². The van der Waals surface area contributed by atoms with Gasteiger partial charge in [-0.3, -0.25) is 9.48 Å². The molecule has 7 heteroatoms. The van der Waals surface area contributed by atoms with E-state index in [4.69, 9.17) is 0 Å². The maximum Gasteiger partial charge on any atom is 0.317 e. The predicted molar refractivity (Wildman–Crippen MR) is 93.2 cm³/mol. The molecule has 4 rings (SSSR count). The normalized spacial score (nSPS) is 23.2. The van der Waals surface area contributed by atoms with E-state index in [0.29, 0.717) is 19.1 Å². The lowest BCUT2D eigenvalue weighted by molar-refractivity contribution is -0.123. The molecular formula is C18H27N5O2. The Morgan fingerprint density at radius 3 is 2.60 bits per heavy atom. The van der Waals surface area contributed by atoms with E-state index in [0.717, 1.165) is 32.1 Å². The second-order valence-electron chi connectivity index (χ2n) is 7.93. The number of carbonyl (C=O) groups excluding carboxylic acids is 2. The van der Waals surface area contributed by atoms with Crippen molar-refractivity contribution in [2.24, 2.45) is 5.92 Å². The number of carbonyl (C=O) groups is 2. The number of nitrogens with zero attached hydrogens (tertiary/aromatic N) is 3. The van der Waals surface area contributed by atoms with E-state index in [9.17, 15) is 9.59 Å². The number of rotatable bonds is 4. The van der Waals surface area contributed by atoms with E-state index >= 15 is 0 Å². The summed E-state index contributed by atoms with van der Waals surface area (Å²) in [5.74, 6) is 0.386. The molecule has 136 valence electrons. The largest absolute Gasteiger partial charge is 0.350 e. The van der Waals surface area contributed by atoms with Crippen molar-refractivity contribution < 1.29 is 9.59 Å². The Kier molecular flexibility index (Phi) is 4.17. The SMILES string of the molecule is CC(C)n1ncc2c1C[C@@H](NC(=O)N1CC(NC(=O)C3CC3)C1)CC2. The molecule has 2 aliphatic carbocycles. The van der Waals surface area contributed by atoms with Gasteiger partial charge >= 0.3 is 6.03 Å². The summed E-state index contributed by atoms with van der Waals surface area (Å²) in [5, 5.41) is 10.7. The van der Waals surface area contributed by atoms with Crippen LogP contribution in [0.25, 0.3) is 0 Å². The number of likely N-dealkylation sites (tertiary alicyclic amines) is 1. The van der Waals surface area contributed by atoms with Crippen LogP contribution >= 0.6 is 0 Å². The quantitative estimate of drug-likeness (QED) is 0.862. The van der Waals surface area contributed by atoms with Gasteiger partial charge in [0.2, 0.25) is 5.91 Å². The molecular weight excluding hydrogens is 318 g/mol. The lowest BCUT2D eigenvalue weighted by atomic mass is 9.93. The summed E-state index contributed by atoms with van der Waals surface area (Å²) >= 11 is 0. The Morgan fingerprint density at radius 2 is 1.92 bits per heavy atom. The molecule has 1 saturated carbocycles. The van der Waals surface area contributed by atoms with E-state index in [1.165, 1.54) is 11.3 Å². The third kappa shape index (κ3) is 3.37. The zero-order valence-electron chi connectivity index (χ0n) is 15.0. The molecule has 1 aliphatic heterocycles. The number of aryl methyl sites for hydroxylation is 1. The van der Waals surface area contributed by atoms with Crippen molar-refractivity contribution in [3.05, 3.63) is 17.5 Å². The molecule has 0 aromatic carbocycles. The van der Waals surface area contributed by atoms with Crippen LogP contribution in [0.4, 0.5) is 4.79 Å². The highest BCUT2D eigenvalue weighted by Crippen LogP contribution is 2.29. The lowest BCUT2D eigenvalue weighted by Gasteiger charge is -2.40. The van der Waals surface area contributed by atoms with Crippen LogP contribution in [0.1, 0.15) is 50.4 Å². The van der Waals surface area contributed by atoms with Crippen molar-refractivity contribution in [3.63, 3.8) is 0 Å². The Labute approximate surface area is 148 Å². The molecule has 2 N–H and O–H groups in total. The van der Waals surface area contributed by atoms with E-state index in [-0.39, 0.29) is 29.9 Å². The molecule has 25 heavy (non-hydrogen) atoms. The summed E-state index contributed by atoms with van der Waals surface area (Å²) in [5.41, 5.74) is 2.57. The molecule has 1 atom stereocenters. The lowest BCUT2D eigenvalue weighted by Crippen LogP contribution is -2.64. The molecule has 0 spiro atoms. The van der Waals surface area contributed by atoms with Crippen LogP contribution in [0.3, 0.4) is 0 Å². The fraction of sp³-hybridized carbons (Fsp3) is 0.722. The number of fused-ring (bicyclic) bond motifs is 1. The summed E-state index contributed by atoms with van der Waals surface area (Å²) in [6, 6.07) is 0.610. The van der Waals surface area contributed by atoms with Gasteiger partial charge in [0.1, 0.15) is 0 Å². The molecule has 0 bridgehead atoms. The average Bonchev–Trinajstić information content (AvgIpc) is 3.29. The first-order valence-electron chi connectivity index (χ1n) is 9.42.